The van der Waals surface area contributed by atoms with E-state index in [0.29, 0.717) is 11.6 Å². The predicted octanol–water partition coefficient (Wildman–Crippen LogP) is 2.67. The summed E-state index contributed by atoms with van der Waals surface area (Å²) in [7, 11) is -3.70. The molecule has 21 heavy (non-hydrogen) atoms. The molecule has 8 heteroatoms. The summed E-state index contributed by atoms with van der Waals surface area (Å²) in [6.07, 6.45) is 1.78. The number of hydrogen-bond acceptors (Lipinski definition) is 3. The number of sulfonamides is 1. The van der Waals surface area contributed by atoms with Crippen LogP contribution in [0.4, 0.5) is 5.69 Å². The van der Waals surface area contributed by atoms with Gasteiger partial charge in [-0.3, -0.25) is 9.10 Å². The lowest BCUT2D eigenvalue weighted by Crippen LogP contribution is -2.48. The fourth-order valence-electron chi connectivity index (χ4n) is 1.83. The second-order valence-corrected chi connectivity index (χ2v) is 7.32. The molecule has 5 nitrogen and oxygen atoms in total. The molecule has 0 fully saturated rings. The molecule has 1 atom stereocenters. The highest BCUT2D eigenvalue weighted by molar-refractivity contribution is 7.92. The Morgan fingerprint density at radius 3 is 2.52 bits per heavy atom. The smallest absolute Gasteiger partial charge is 0.243 e. The fourth-order valence-corrected chi connectivity index (χ4v) is 3.44. The van der Waals surface area contributed by atoms with Gasteiger partial charge in [-0.1, -0.05) is 30.1 Å². The van der Waals surface area contributed by atoms with Gasteiger partial charge in [-0.2, -0.15) is 0 Å². The molecule has 0 heterocycles. The van der Waals surface area contributed by atoms with Crippen LogP contribution in [0.2, 0.25) is 10.0 Å². The van der Waals surface area contributed by atoms with Gasteiger partial charge >= 0.3 is 0 Å². The highest BCUT2D eigenvalue weighted by atomic mass is 35.5. The van der Waals surface area contributed by atoms with Gasteiger partial charge < -0.3 is 5.32 Å². The number of anilines is 1. The Labute approximate surface area is 135 Å². The maximum Gasteiger partial charge on any atom is 0.243 e. The maximum absolute atomic E-state index is 12.1. The first-order valence-electron chi connectivity index (χ1n) is 6.40. The van der Waals surface area contributed by atoms with E-state index in [-0.39, 0.29) is 10.7 Å². The Morgan fingerprint density at radius 2 is 2.00 bits per heavy atom. The molecule has 0 aromatic heterocycles. The molecule has 1 aromatic carbocycles. The van der Waals surface area contributed by atoms with Gasteiger partial charge in [0.25, 0.3) is 0 Å². The van der Waals surface area contributed by atoms with Gasteiger partial charge in [0.1, 0.15) is 6.04 Å². The van der Waals surface area contributed by atoms with Crippen LogP contribution in [0.5, 0.6) is 0 Å². The van der Waals surface area contributed by atoms with E-state index in [1.807, 2.05) is 6.92 Å². The molecule has 0 aliphatic carbocycles. The normalized spacial score (nSPS) is 12.8. The minimum absolute atomic E-state index is 0.186. The lowest BCUT2D eigenvalue weighted by molar-refractivity contribution is -0.121. The summed E-state index contributed by atoms with van der Waals surface area (Å²) in [5.41, 5.74) is 0.186. The molecule has 0 saturated heterocycles. The number of amides is 1. The van der Waals surface area contributed by atoms with Crippen molar-refractivity contribution in [1.29, 1.82) is 0 Å². The molecule has 1 N–H and O–H groups in total. The van der Waals surface area contributed by atoms with Gasteiger partial charge in [0.2, 0.25) is 15.9 Å². The summed E-state index contributed by atoms with van der Waals surface area (Å²) in [5, 5.41) is 3.21. The van der Waals surface area contributed by atoms with Crippen molar-refractivity contribution < 1.29 is 13.2 Å². The first kappa shape index (κ1) is 18.1. The molecular weight excluding hydrogens is 335 g/mol. The summed E-state index contributed by atoms with van der Waals surface area (Å²) in [6, 6.07) is 3.54. The summed E-state index contributed by atoms with van der Waals surface area (Å²) in [6.45, 7) is 3.89. The summed E-state index contributed by atoms with van der Waals surface area (Å²) in [5.74, 6) is -0.390. The topological polar surface area (TPSA) is 66.5 Å². The minimum atomic E-state index is -3.70. The largest absolute Gasteiger partial charge is 0.354 e. The summed E-state index contributed by atoms with van der Waals surface area (Å²) in [4.78, 5) is 12.1. The molecule has 1 aromatic rings. The van der Waals surface area contributed by atoms with E-state index in [1.54, 1.807) is 6.07 Å². The Hall–Kier alpha value is -0.980. The zero-order valence-corrected chi connectivity index (χ0v) is 14.4. The standard InChI is InChI=1S/C13H18Cl2N2O3S/c1-4-7-16-13(18)9(2)17(21(3,19)20)12-8-10(14)5-6-11(12)15/h5-6,8-9H,4,7H2,1-3H3,(H,16,18). The van der Waals surface area contributed by atoms with Crippen molar-refractivity contribution in [2.24, 2.45) is 0 Å². The third-order valence-corrected chi connectivity index (χ3v) is 4.57. The van der Waals surface area contributed by atoms with Crippen LogP contribution in [-0.2, 0) is 14.8 Å². The van der Waals surface area contributed by atoms with Gasteiger partial charge in [-0.25, -0.2) is 8.42 Å². The van der Waals surface area contributed by atoms with Crippen molar-refractivity contribution in [3.8, 4) is 0 Å². The van der Waals surface area contributed by atoms with Crippen molar-refractivity contribution in [2.75, 3.05) is 17.1 Å². The SMILES string of the molecule is CCCNC(=O)C(C)N(c1cc(Cl)ccc1Cl)S(C)(=O)=O. The van der Waals surface area contributed by atoms with Crippen LogP contribution in [0.3, 0.4) is 0 Å². The zero-order valence-electron chi connectivity index (χ0n) is 12.1. The number of hydrogen-bond donors (Lipinski definition) is 1. The van der Waals surface area contributed by atoms with Crippen LogP contribution in [0, 0.1) is 0 Å². The van der Waals surface area contributed by atoms with Gasteiger partial charge in [0.15, 0.2) is 0 Å². The van der Waals surface area contributed by atoms with Crippen LogP contribution in [0.25, 0.3) is 0 Å². The first-order valence-corrected chi connectivity index (χ1v) is 9.01. The average Bonchev–Trinajstić information content (AvgIpc) is 2.38. The van der Waals surface area contributed by atoms with E-state index in [4.69, 9.17) is 23.2 Å². The van der Waals surface area contributed by atoms with Crippen molar-refractivity contribution in [3.63, 3.8) is 0 Å². The van der Waals surface area contributed by atoms with E-state index in [9.17, 15) is 13.2 Å². The van der Waals surface area contributed by atoms with E-state index >= 15 is 0 Å². The fraction of sp³-hybridized carbons (Fsp3) is 0.462. The summed E-state index contributed by atoms with van der Waals surface area (Å²) < 4.78 is 25.1. The Balaban J connectivity index is 3.24. The molecule has 0 saturated carbocycles. The molecule has 0 aliphatic heterocycles. The van der Waals surface area contributed by atoms with E-state index < -0.39 is 22.0 Å². The summed E-state index contributed by atoms with van der Waals surface area (Å²) >= 11 is 12.0. The Kier molecular flexibility index (Phi) is 6.31. The predicted molar refractivity (Wildman–Crippen MR) is 86.5 cm³/mol. The molecular formula is C13H18Cl2N2O3S. The number of carbonyl (C=O) groups excluding carboxylic acids is 1. The van der Waals surface area contributed by atoms with Crippen molar-refractivity contribution in [3.05, 3.63) is 28.2 Å². The Bertz CT molecular complexity index is 620. The third kappa shape index (κ3) is 4.76. The van der Waals surface area contributed by atoms with Crippen LogP contribution < -0.4 is 9.62 Å². The Morgan fingerprint density at radius 1 is 1.38 bits per heavy atom. The third-order valence-electron chi connectivity index (χ3n) is 2.78. The second kappa shape index (κ2) is 7.33. The van der Waals surface area contributed by atoms with E-state index in [2.05, 4.69) is 5.32 Å². The minimum Gasteiger partial charge on any atom is -0.354 e. The van der Waals surface area contributed by atoms with Crippen molar-refractivity contribution >= 4 is 44.8 Å². The quantitative estimate of drug-likeness (QED) is 0.855. The van der Waals surface area contributed by atoms with Gasteiger partial charge in [0.05, 0.1) is 17.0 Å². The average molecular weight is 353 g/mol. The molecule has 0 spiro atoms. The number of nitrogens with one attached hydrogen (secondary N) is 1. The lowest BCUT2D eigenvalue weighted by atomic mass is 10.2. The van der Waals surface area contributed by atoms with E-state index in [1.165, 1.54) is 19.1 Å². The molecule has 0 radical (unpaired) electrons. The molecule has 1 unspecified atom stereocenters. The highest BCUT2D eigenvalue weighted by Gasteiger charge is 2.30. The first-order chi connectivity index (χ1) is 9.68. The number of halogens is 2. The number of carbonyl (C=O) groups is 1. The number of benzene rings is 1. The molecule has 118 valence electrons. The lowest BCUT2D eigenvalue weighted by Gasteiger charge is -2.29. The van der Waals surface area contributed by atoms with Gasteiger partial charge in [-0.15, -0.1) is 0 Å². The van der Waals surface area contributed by atoms with Crippen molar-refractivity contribution in [1.82, 2.24) is 5.32 Å². The highest BCUT2D eigenvalue weighted by Crippen LogP contribution is 2.32. The number of rotatable bonds is 6. The van der Waals surface area contributed by atoms with Gasteiger partial charge in [0, 0.05) is 11.6 Å². The van der Waals surface area contributed by atoms with Crippen molar-refractivity contribution in [2.45, 2.75) is 26.3 Å². The van der Waals surface area contributed by atoms with Gasteiger partial charge in [-0.05, 0) is 31.5 Å². The van der Waals surface area contributed by atoms with Crippen LogP contribution in [0.15, 0.2) is 18.2 Å². The number of nitrogens with zero attached hydrogens (tertiary/aromatic N) is 1. The maximum atomic E-state index is 12.1. The molecule has 1 amide bonds. The zero-order chi connectivity index (χ0) is 16.2. The monoisotopic (exact) mass is 352 g/mol. The molecule has 0 aliphatic rings. The molecule has 1 rings (SSSR count). The van der Waals surface area contributed by atoms with Crippen LogP contribution in [-0.4, -0.2) is 33.2 Å². The second-order valence-electron chi connectivity index (χ2n) is 4.62. The van der Waals surface area contributed by atoms with Crippen LogP contribution in [0.1, 0.15) is 20.3 Å². The van der Waals surface area contributed by atoms with E-state index in [0.717, 1.165) is 17.0 Å². The molecule has 0 bridgehead atoms. The van der Waals surface area contributed by atoms with Crippen LogP contribution >= 0.6 is 23.2 Å².